The van der Waals surface area contributed by atoms with E-state index < -0.39 is 0 Å². The van der Waals surface area contributed by atoms with E-state index in [0.29, 0.717) is 12.6 Å². The highest BCUT2D eigenvalue weighted by Crippen LogP contribution is 2.34. The first-order chi connectivity index (χ1) is 9.13. The molecule has 1 aliphatic rings. The van der Waals surface area contributed by atoms with E-state index in [1.165, 1.54) is 11.1 Å². The van der Waals surface area contributed by atoms with Gasteiger partial charge >= 0.3 is 0 Å². The second-order valence-corrected chi connectivity index (χ2v) is 5.17. The highest BCUT2D eigenvalue weighted by Gasteiger charge is 2.21. The monoisotopic (exact) mass is 265 g/mol. The summed E-state index contributed by atoms with van der Waals surface area (Å²) in [5, 5.41) is 12.7. The van der Waals surface area contributed by atoms with Crippen LogP contribution < -0.4 is 14.8 Å². The van der Waals surface area contributed by atoms with E-state index in [2.05, 4.69) is 17.4 Å². The molecule has 2 rings (SSSR count). The quantitative estimate of drug-likeness (QED) is 0.848. The Hall–Kier alpha value is -1.26. The Morgan fingerprint density at radius 2 is 1.89 bits per heavy atom. The summed E-state index contributed by atoms with van der Waals surface area (Å²) >= 11 is 0. The molecule has 1 aromatic rings. The SMILES string of the molecule is COc1cc2c(cc1OC)CC(NCC(C)O)CC2. The summed E-state index contributed by atoms with van der Waals surface area (Å²) in [5.74, 6) is 1.59. The van der Waals surface area contributed by atoms with E-state index in [1.807, 2.05) is 0 Å². The van der Waals surface area contributed by atoms with Crippen molar-refractivity contribution in [2.24, 2.45) is 0 Å². The second kappa shape index (κ2) is 6.26. The van der Waals surface area contributed by atoms with E-state index in [-0.39, 0.29) is 6.10 Å². The molecule has 0 fully saturated rings. The van der Waals surface area contributed by atoms with Gasteiger partial charge in [0.15, 0.2) is 11.5 Å². The van der Waals surface area contributed by atoms with Crippen LogP contribution in [0.4, 0.5) is 0 Å². The van der Waals surface area contributed by atoms with Crippen LogP contribution in [-0.4, -0.2) is 38.0 Å². The van der Waals surface area contributed by atoms with Gasteiger partial charge in [0.2, 0.25) is 0 Å². The lowest BCUT2D eigenvalue weighted by atomic mass is 9.87. The Balaban J connectivity index is 2.11. The van der Waals surface area contributed by atoms with Crippen molar-refractivity contribution in [3.8, 4) is 11.5 Å². The molecular weight excluding hydrogens is 242 g/mol. The van der Waals surface area contributed by atoms with E-state index in [9.17, 15) is 5.11 Å². The number of nitrogens with one attached hydrogen (secondary N) is 1. The van der Waals surface area contributed by atoms with E-state index in [4.69, 9.17) is 9.47 Å². The van der Waals surface area contributed by atoms with Crippen molar-refractivity contribution < 1.29 is 14.6 Å². The molecule has 2 N–H and O–H groups in total. The summed E-state index contributed by atoms with van der Waals surface area (Å²) in [6.07, 6.45) is 2.80. The van der Waals surface area contributed by atoms with E-state index >= 15 is 0 Å². The van der Waals surface area contributed by atoms with Crippen LogP contribution in [0.5, 0.6) is 11.5 Å². The maximum Gasteiger partial charge on any atom is 0.161 e. The average Bonchev–Trinajstić information content (AvgIpc) is 2.43. The van der Waals surface area contributed by atoms with E-state index in [1.54, 1.807) is 21.1 Å². The lowest BCUT2D eigenvalue weighted by Crippen LogP contribution is -2.38. The fourth-order valence-corrected chi connectivity index (χ4v) is 2.59. The van der Waals surface area contributed by atoms with Crippen molar-refractivity contribution >= 4 is 0 Å². The summed E-state index contributed by atoms with van der Waals surface area (Å²) < 4.78 is 10.7. The predicted octanol–water partition coefficient (Wildman–Crippen LogP) is 1.53. The molecule has 1 aliphatic carbocycles. The molecule has 0 spiro atoms. The van der Waals surface area contributed by atoms with Gasteiger partial charge in [0.1, 0.15) is 0 Å². The van der Waals surface area contributed by atoms with Crippen LogP contribution in [0, 0.1) is 0 Å². The fraction of sp³-hybridized carbons (Fsp3) is 0.600. The van der Waals surface area contributed by atoms with Crippen molar-refractivity contribution in [3.05, 3.63) is 23.3 Å². The number of hydrogen-bond acceptors (Lipinski definition) is 4. The molecule has 2 atom stereocenters. The molecule has 4 heteroatoms. The van der Waals surface area contributed by atoms with Gasteiger partial charge < -0.3 is 19.9 Å². The lowest BCUT2D eigenvalue weighted by molar-refractivity contribution is 0.184. The molecule has 0 saturated heterocycles. The fourth-order valence-electron chi connectivity index (χ4n) is 2.59. The Morgan fingerprint density at radius 3 is 2.47 bits per heavy atom. The maximum atomic E-state index is 9.33. The summed E-state index contributed by atoms with van der Waals surface area (Å²) in [4.78, 5) is 0. The number of hydrogen-bond donors (Lipinski definition) is 2. The molecule has 4 nitrogen and oxygen atoms in total. The number of aliphatic hydroxyl groups excluding tert-OH is 1. The maximum absolute atomic E-state index is 9.33. The summed E-state index contributed by atoms with van der Waals surface area (Å²) in [5.41, 5.74) is 2.65. The number of aryl methyl sites for hydroxylation is 1. The number of rotatable bonds is 5. The van der Waals surface area contributed by atoms with Gasteiger partial charge in [-0.2, -0.15) is 0 Å². The topological polar surface area (TPSA) is 50.7 Å². The minimum Gasteiger partial charge on any atom is -0.493 e. The predicted molar refractivity (Wildman–Crippen MR) is 75.0 cm³/mol. The van der Waals surface area contributed by atoms with E-state index in [0.717, 1.165) is 30.8 Å². The van der Waals surface area contributed by atoms with Crippen LogP contribution in [0.15, 0.2) is 12.1 Å². The molecule has 0 aromatic heterocycles. The zero-order chi connectivity index (χ0) is 13.8. The molecule has 0 radical (unpaired) electrons. The molecule has 0 aliphatic heterocycles. The smallest absolute Gasteiger partial charge is 0.161 e. The Labute approximate surface area is 114 Å². The van der Waals surface area contributed by atoms with Gasteiger partial charge in [-0.05, 0) is 49.4 Å². The lowest BCUT2D eigenvalue weighted by Gasteiger charge is -2.27. The van der Waals surface area contributed by atoms with Crippen molar-refractivity contribution in [1.82, 2.24) is 5.32 Å². The second-order valence-electron chi connectivity index (χ2n) is 5.17. The molecule has 0 bridgehead atoms. The van der Waals surface area contributed by atoms with Gasteiger partial charge in [-0.1, -0.05) is 0 Å². The van der Waals surface area contributed by atoms with Crippen LogP contribution in [0.2, 0.25) is 0 Å². The van der Waals surface area contributed by atoms with Gasteiger partial charge in [0.05, 0.1) is 20.3 Å². The highest BCUT2D eigenvalue weighted by atomic mass is 16.5. The number of ether oxygens (including phenoxy) is 2. The van der Waals surface area contributed by atoms with Crippen LogP contribution in [-0.2, 0) is 12.8 Å². The molecular formula is C15H23NO3. The molecule has 0 heterocycles. The molecule has 106 valence electrons. The van der Waals surface area contributed by atoms with Crippen LogP contribution in [0.25, 0.3) is 0 Å². The highest BCUT2D eigenvalue weighted by molar-refractivity contribution is 5.48. The molecule has 1 aromatic carbocycles. The van der Waals surface area contributed by atoms with Crippen molar-refractivity contribution in [2.75, 3.05) is 20.8 Å². The normalized spacial score (nSPS) is 19.7. The Bertz CT molecular complexity index is 432. The van der Waals surface area contributed by atoms with Gasteiger partial charge in [-0.15, -0.1) is 0 Å². The first kappa shape index (κ1) is 14.2. The minimum absolute atomic E-state index is 0.299. The summed E-state index contributed by atoms with van der Waals surface area (Å²) in [6, 6.07) is 4.59. The zero-order valence-electron chi connectivity index (χ0n) is 11.9. The average molecular weight is 265 g/mol. The van der Waals surface area contributed by atoms with Gasteiger partial charge in [-0.3, -0.25) is 0 Å². The third-order valence-corrected chi connectivity index (χ3v) is 3.64. The number of fused-ring (bicyclic) bond motifs is 1. The van der Waals surface area contributed by atoms with Crippen molar-refractivity contribution in [3.63, 3.8) is 0 Å². The summed E-state index contributed by atoms with van der Waals surface area (Å²) in [7, 11) is 3.33. The zero-order valence-corrected chi connectivity index (χ0v) is 11.9. The Kier molecular flexibility index (Phi) is 4.66. The summed E-state index contributed by atoms with van der Waals surface area (Å²) in [6.45, 7) is 2.45. The molecule has 0 saturated carbocycles. The molecule has 0 amide bonds. The molecule has 2 unspecified atom stereocenters. The number of aliphatic hydroxyl groups is 1. The standard InChI is InChI=1S/C15H23NO3/c1-10(17)9-16-13-5-4-11-7-14(18-2)15(19-3)8-12(11)6-13/h7-8,10,13,16-17H,4-6,9H2,1-3H3. The van der Waals surface area contributed by atoms with Gasteiger partial charge in [0.25, 0.3) is 0 Å². The third kappa shape index (κ3) is 3.39. The number of benzene rings is 1. The van der Waals surface area contributed by atoms with Crippen LogP contribution in [0.1, 0.15) is 24.5 Å². The Morgan fingerprint density at radius 1 is 1.26 bits per heavy atom. The first-order valence-electron chi connectivity index (χ1n) is 6.79. The first-order valence-corrected chi connectivity index (χ1v) is 6.79. The van der Waals surface area contributed by atoms with Crippen molar-refractivity contribution in [1.29, 1.82) is 0 Å². The van der Waals surface area contributed by atoms with Gasteiger partial charge in [-0.25, -0.2) is 0 Å². The largest absolute Gasteiger partial charge is 0.493 e. The number of methoxy groups -OCH3 is 2. The molecule has 19 heavy (non-hydrogen) atoms. The van der Waals surface area contributed by atoms with Crippen LogP contribution >= 0.6 is 0 Å². The van der Waals surface area contributed by atoms with Crippen molar-refractivity contribution in [2.45, 2.75) is 38.3 Å². The minimum atomic E-state index is -0.299. The van der Waals surface area contributed by atoms with Gasteiger partial charge in [0, 0.05) is 12.6 Å². The van der Waals surface area contributed by atoms with Crippen LogP contribution in [0.3, 0.4) is 0 Å². The third-order valence-electron chi connectivity index (χ3n) is 3.64.